The smallest absolute Gasteiger partial charge is 0.251 e. The van der Waals surface area contributed by atoms with Crippen LogP contribution < -0.4 is 10.1 Å². The fourth-order valence-corrected chi connectivity index (χ4v) is 2.89. The summed E-state index contributed by atoms with van der Waals surface area (Å²) in [5, 5.41) is 8.94. The van der Waals surface area contributed by atoms with Crippen LogP contribution in [-0.4, -0.2) is 22.7 Å². The zero-order valence-corrected chi connectivity index (χ0v) is 14.4. The van der Waals surface area contributed by atoms with Crippen LogP contribution in [-0.2, 0) is 6.54 Å². The SMILES string of the molecule is CCOc1ccc(C(=O)NCc2nc(-c3cccs3)no2)cc1Cl. The highest BCUT2D eigenvalue weighted by Crippen LogP contribution is 2.25. The third-order valence-corrected chi connectivity index (χ3v) is 4.26. The minimum atomic E-state index is -0.282. The van der Waals surface area contributed by atoms with Crippen molar-refractivity contribution in [3.63, 3.8) is 0 Å². The quantitative estimate of drug-likeness (QED) is 0.721. The molecule has 0 bridgehead atoms. The number of benzene rings is 1. The predicted molar refractivity (Wildman–Crippen MR) is 91.4 cm³/mol. The highest BCUT2D eigenvalue weighted by molar-refractivity contribution is 7.13. The standard InChI is InChI=1S/C16H14ClN3O3S/c1-2-22-12-6-5-10(8-11(12)17)16(21)18-9-14-19-15(20-23-14)13-4-3-7-24-13/h3-8H,2,9H2,1H3,(H,18,21). The zero-order valence-electron chi connectivity index (χ0n) is 12.8. The Bertz CT molecular complexity index is 833. The number of carbonyl (C=O) groups is 1. The Kier molecular flexibility index (Phi) is 5.12. The summed E-state index contributed by atoms with van der Waals surface area (Å²) >= 11 is 7.60. The molecule has 2 heterocycles. The number of ether oxygens (including phenoxy) is 1. The van der Waals surface area contributed by atoms with Gasteiger partial charge in [0.15, 0.2) is 0 Å². The van der Waals surface area contributed by atoms with Gasteiger partial charge in [0.1, 0.15) is 5.75 Å². The number of nitrogens with one attached hydrogen (secondary N) is 1. The maximum absolute atomic E-state index is 12.2. The minimum absolute atomic E-state index is 0.141. The second-order valence-electron chi connectivity index (χ2n) is 4.75. The van der Waals surface area contributed by atoms with Crippen molar-refractivity contribution in [1.29, 1.82) is 0 Å². The average molecular weight is 364 g/mol. The lowest BCUT2D eigenvalue weighted by Gasteiger charge is -2.07. The summed E-state index contributed by atoms with van der Waals surface area (Å²) in [5.41, 5.74) is 0.432. The molecule has 0 atom stereocenters. The van der Waals surface area contributed by atoms with Crippen LogP contribution in [0.1, 0.15) is 23.2 Å². The van der Waals surface area contributed by atoms with E-state index in [1.807, 2.05) is 24.4 Å². The molecule has 0 aliphatic carbocycles. The van der Waals surface area contributed by atoms with Crippen LogP contribution in [0.15, 0.2) is 40.2 Å². The number of halogens is 1. The molecule has 3 rings (SSSR count). The molecule has 0 radical (unpaired) electrons. The van der Waals surface area contributed by atoms with Crippen molar-refractivity contribution in [2.24, 2.45) is 0 Å². The number of aromatic nitrogens is 2. The van der Waals surface area contributed by atoms with Gasteiger partial charge in [-0.3, -0.25) is 4.79 Å². The molecule has 0 unspecified atom stereocenters. The lowest BCUT2D eigenvalue weighted by atomic mass is 10.2. The van der Waals surface area contributed by atoms with E-state index in [0.717, 1.165) is 4.88 Å². The number of thiophene rings is 1. The van der Waals surface area contributed by atoms with E-state index in [2.05, 4.69) is 15.5 Å². The fourth-order valence-electron chi connectivity index (χ4n) is 2.01. The zero-order chi connectivity index (χ0) is 16.9. The topological polar surface area (TPSA) is 77.2 Å². The Morgan fingerprint density at radius 2 is 2.29 bits per heavy atom. The Labute approximate surface area is 147 Å². The molecule has 0 fully saturated rings. The molecule has 3 aromatic rings. The van der Waals surface area contributed by atoms with Gasteiger partial charge in [-0.1, -0.05) is 22.8 Å². The molecule has 24 heavy (non-hydrogen) atoms. The van der Waals surface area contributed by atoms with Crippen LogP contribution >= 0.6 is 22.9 Å². The lowest BCUT2D eigenvalue weighted by molar-refractivity contribution is 0.0946. The number of carbonyl (C=O) groups excluding carboxylic acids is 1. The summed E-state index contributed by atoms with van der Waals surface area (Å²) in [4.78, 5) is 17.3. The van der Waals surface area contributed by atoms with Gasteiger partial charge < -0.3 is 14.6 Å². The number of rotatable bonds is 6. The first kappa shape index (κ1) is 16.5. The second kappa shape index (κ2) is 7.46. The molecular formula is C16H14ClN3O3S. The van der Waals surface area contributed by atoms with Crippen molar-refractivity contribution >= 4 is 28.8 Å². The Morgan fingerprint density at radius 3 is 3.00 bits per heavy atom. The van der Waals surface area contributed by atoms with Gasteiger partial charge in [-0.25, -0.2) is 0 Å². The molecule has 8 heteroatoms. The normalized spacial score (nSPS) is 10.6. The Morgan fingerprint density at radius 1 is 1.42 bits per heavy atom. The largest absolute Gasteiger partial charge is 0.492 e. The van der Waals surface area contributed by atoms with Gasteiger partial charge in [-0.05, 0) is 36.6 Å². The second-order valence-corrected chi connectivity index (χ2v) is 6.10. The first-order valence-corrected chi connectivity index (χ1v) is 8.50. The first-order chi connectivity index (χ1) is 11.7. The molecule has 0 spiro atoms. The molecule has 6 nitrogen and oxygen atoms in total. The van der Waals surface area contributed by atoms with Crippen molar-refractivity contribution in [3.8, 4) is 16.5 Å². The number of hydrogen-bond donors (Lipinski definition) is 1. The summed E-state index contributed by atoms with van der Waals surface area (Å²) in [5.74, 6) is 1.12. The van der Waals surface area contributed by atoms with Gasteiger partial charge >= 0.3 is 0 Å². The van der Waals surface area contributed by atoms with Gasteiger partial charge in [-0.15, -0.1) is 11.3 Å². The highest BCUT2D eigenvalue weighted by Gasteiger charge is 2.13. The van der Waals surface area contributed by atoms with E-state index in [4.69, 9.17) is 20.9 Å². The summed E-state index contributed by atoms with van der Waals surface area (Å²) in [7, 11) is 0. The molecule has 2 aromatic heterocycles. The van der Waals surface area contributed by atoms with E-state index >= 15 is 0 Å². The van der Waals surface area contributed by atoms with Crippen molar-refractivity contribution < 1.29 is 14.1 Å². The molecule has 1 aromatic carbocycles. The van der Waals surface area contributed by atoms with Gasteiger partial charge in [0.05, 0.1) is 23.1 Å². The molecule has 0 saturated heterocycles. The Balaban J connectivity index is 1.62. The van der Waals surface area contributed by atoms with Crippen molar-refractivity contribution in [2.45, 2.75) is 13.5 Å². The molecule has 124 valence electrons. The number of nitrogens with zero attached hydrogens (tertiary/aromatic N) is 2. The van der Waals surface area contributed by atoms with E-state index in [0.29, 0.717) is 34.7 Å². The Hall–Kier alpha value is -2.38. The van der Waals surface area contributed by atoms with Crippen LogP contribution in [0, 0.1) is 0 Å². The summed E-state index contributed by atoms with van der Waals surface area (Å²) < 4.78 is 10.5. The first-order valence-electron chi connectivity index (χ1n) is 7.24. The van der Waals surface area contributed by atoms with E-state index in [9.17, 15) is 4.79 Å². The van der Waals surface area contributed by atoms with Gasteiger partial charge in [0, 0.05) is 5.56 Å². The maximum Gasteiger partial charge on any atom is 0.251 e. The average Bonchev–Trinajstić information content (AvgIpc) is 3.25. The maximum atomic E-state index is 12.2. The van der Waals surface area contributed by atoms with Crippen LogP contribution in [0.25, 0.3) is 10.7 Å². The monoisotopic (exact) mass is 363 g/mol. The third kappa shape index (κ3) is 3.74. The van der Waals surface area contributed by atoms with E-state index in [-0.39, 0.29) is 12.5 Å². The molecular weight excluding hydrogens is 350 g/mol. The molecule has 0 aliphatic heterocycles. The third-order valence-electron chi connectivity index (χ3n) is 3.10. The van der Waals surface area contributed by atoms with Gasteiger partial charge in [0.25, 0.3) is 5.91 Å². The van der Waals surface area contributed by atoms with E-state index < -0.39 is 0 Å². The molecule has 1 N–H and O–H groups in total. The summed E-state index contributed by atoms with van der Waals surface area (Å²) in [6.45, 7) is 2.52. The van der Waals surface area contributed by atoms with Crippen LogP contribution in [0.2, 0.25) is 5.02 Å². The van der Waals surface area contributed by atoms with Crippen LogP contribution in [0.4, 0.5) is 0 Å². The highest BCUT2D eigenvalue weighted by atomic mass is 35.5. The van der Waals surface area contributed by atoms with Crippen molar-refractivity contribution in [3.05, 3.63) is 52.2 Å². The number of amides is 1. The molecule has 1 amide bonds. The summed E-state index contributed by atoms with van der Waals surface area (Å²) in [6, 6.07) is 8.69. The molecule has 0 saturated carbocycles. The van der Waals surface area contributed by atoms with Crippen molar-refractivity contribution in [1.82, 2.24) is 15.5 Å². The summed E-state index contributed by atoms with van der Waals surface area (Å²) in [6.07, 6.45) is 0. The fraction of sp³-hybridized carbons (Fsp3) is 0.188. The van der Waals surface area contributed by atoms with Crippen LogP contribution in [0.5, 0.6) is 5.75 Å². The van der Waals surface area contributed by atoms with Gasteiger partial charge in [0.2, 0.25) is 11.7 Å². The predicted octanol–water partition coefficient (Wildman–Crippen LogP) is 3.78. The lowest BCUT2D eigenvalue weighted by Crippen LogP contribution is -2.22. The minimum Gasteiger partial charge on any atom is -0.492 e. The van der Waals surface area contributed by atoms with Gasteiger partial charge in [-0.2, -0.15) is 4.98 Å². The van der Waals surface area contributed by atoms with Crippen LogP contribution in [0.3, 0.4) is 0 Å². The van der Waals surface area contributed by atoms with E-state index in [1.54, 1.807) is 18.2 Å². The van der Waals surface area contributed by atoms with E-state index in [1.165, 1.54) is 11.3 Å². The number of hydrogen-bond acceptors (Lipinski definition) is 6. The van der Waals surface area contributed by atoms with Crippen molar-refractivity contribution in [2.75, 3.05) is 6.61 Å². The molecule has 0 aliphatic rings.